The van der Waals surface area contributed by atoms with E-state index in [2.05, 4.69) is 31.1 Å². The number of aromatic nitrogens is 4. The van der Waals surface area contributed by atoms with Gasteiger partial charge in [0, 0.05) is 16.7 Å². The van der Waals surface area contributed by atoms with Gasteiger partial charge in [0.25, 0.3) is 15.2 Å². The van der Waals surface area contributed by atoms with Crippen LogP contribution in [0, 0.1) is 0 Å². The highest BCUT2D eigenvalue weighted by Crippen LogP contribution is 2.27. The van der Waals surface area contributed by atoms with Gasteiger partial charge in [0.05, 0.1) is 0 Å². The van der Waals surface area contributed by atoms with Crippen molar-refractivity contribution < 1.29 is 8.42 Å². The van der Waals surface area contributed by atoms with E-state index in [1.165, 1.54) is 4.57 Å². The molecule has 0 spiro atoms. The van der Waals surface area contributed by atoms with Gasteiger partial charge in [-0.25, -0.2) is 13.6 Å². The van der Waals surface area contributed by atoms with E-state index in [0.717, 1.165) is 0 Å². The minimum Gasteiger partial charge on any atom is -0.293 e. The first-order chi connectivity index (χ1) is 8.82. The van der Waals surface area contributed by atoms with Gasteiger partial charge in [-0.1, -0.05) is 0 Å². The van der Waals surface area contributed by atoms with E-state index in [0.29, 0.717) is 16.0 Å². The Morgan fingerprint density at radius 2 is 2.05 bits per heavy atom. The summed E-state index contributed by atoms with van der Waals surface area (Å²) in [4.78, 5) is 4.18. The van der Waals surface area contributed by atoms with Gasteiger partial charge in [-0.15, -0.1) is 10.2 Å². The summed E-state index contributed by atoms with van der Waals surface area (Å²) in [5, 5.41) is 12.4. The zero-order valence-electron chi connectivity index (χ0n) is 10.3. The highest BCUT2D eigenvalue weighted by molar-refractivity contribution is 9.10. The average molecular weight is 346 g/mol. The molecule has 2 aromatic rings. The van der Waals surface area contributed by atoms with Gasteiger partial charge in [-0.3, -0.25) is 9.55 Å². The lowest BCUT2D eigenvalue weighted by molar-refractivity contribution is 0.524. The summed E-state index contributed by atoms with van der Waals surface area (Å²) >= 11 is 3.35. The normalized spacial score (nSPS) is 12.1. The lowest BCUT2D eigenvalue weighted by atomic mass is 10.3. The van der Waals surface area contributed by atoms with Crippen molar-refractivity contribution in [3.05, 3.63) is 22.8 Å². The monoisotopic (exact) mass is 345 g/mol. The van der Waals surface area contributed by atoms with Gasteiger partial charge in [0.1, 0.15) is 5.69 Å². The lowest BCUT2D eigenvalue weighted by Gasteiger charge is -2.12. The molecule has 102 valence electrons. The Kier molecular flexibility index (Phi) is 3.70. The van der Waals surface area contributed by atoms with Crippen LogP contribution in [0.4, 0.5) is 0 Å². The largest absolute Gasteiger partial charge is 0.293 e. The molecule has 2 rings (SSSR count). The first kappa shape index (κ1) is 14.1. The lowest BCUT2D eigenvalue weighted by Crippen LogP contribution is -2.20. The molecule has 2 N–H and O–H groups in total. The van der Waals surface area contributed by atoms with E-state index in [9.17, 15) is 8.42 Å². The molecule has 0 radical (unpaired) electrons. The standard InChI is InChI=1S/C10H12BrN5O2S/c1-6(2)16-9(8-7(11)4-3-5-13-8)14-15-10(16)19(12,17)18/h3-6H,1-2H3,(H2,12,17,18). The van der Waals surface area contributed by atoms with Crippen LogP contribution in [-0.4, -0.2) is 28.2 Å². The highest BCUT2D eigenvalue weighted by Gasteiger charge is 2.25. The van der Waals surface area contributed by atoms with Gasteiger partial charge >= 0.3 is 0 Å². The molecular formula is C10H12BrN5O2S. The number of nitrogens with zero attached hydrogens (tertiary/aromatic N) is 4. The van der Waals surface area contributed by atoms with E-state index < -0.39 is 10.0 Å². The van der Waals surface area contributed by atoms with Crippen LogP contribution in [0.1, 0.15) is 19.9 Å². The molecule has 19 heavy (non-hydrogen) atoms. The number of hydrogen-bond donors (Lipinski definition) is 1. The second-order valence-corrected chi connectivity index (χ2v) is 6.46. The first-order valence-corrected chi connectivity index (χ1v) is 7.75. The Morgan fingerprint density at radius 1 is 1.37 bits per heavy atom. The summed E-state index contributed by atoms with van der Waals surface area (Å²) in [5.41, 5.74) is 0.513. The third kappa shape index (κ3) is 2.67. The molecule has 0 aliphatic rings. The Bertz CT molecular complexity index is 710. The molecule has 0 saturated carbocycles. The fourth-order valence-electron chi connectivity index (χ4n) is 1.65. The van der Waals surface area contributed by atoms with Gasteiger partial charge in [0.2, 0.25) is 0 Å². The first-order valence-electron chi connectivity index (χ1n) is 5.41. The van der Waals surface area contributed by atoms with Gasteiger partial charge in [0.15, 0.2) is 5.82 Å². The van der Waals surface area contributed by atoms with Crippen LogP contribution >= 0.6 is 15.9 Å². The van der Waals surface area contributed by atoms with Crippen LogP contribution in [0.2, 0.25) is 0 Å². The SMILES string of the molecule is CC(C)n1c(-c2ncccc2Br)nnc1S(N)(=O)=O. The Balaban J connectivity index is 2.74. The molecule has 2 aromatic heterocycles. The van der Waals surface area contributed by atoms with Crippen molar-refractivity contribution in [2.24, 2.45) is 5.14 Å². The second-order valence-electron chi connectivity index (χ2n) is 4.15. The topological polar surface area (TPSA) is 104 Å². The third-order valence-corrected chi connectivity index (χ3v) is 3.83. The second kappa shape index (κ2) is 4.99. The van der Waals surface area contributed by atoms with E-state index >= 15 is 0 Å². The summed E-state index contributed by atoms with van der Waals surface area (Å²) in [7, 11) is -3.93. The molecule has 0 bridgehead atoms. The van der Waals surface area contributed by atoms with Crippen LogP contribution in [-0.2, 0) is 10.0 Å². The van der Waals surface area contributed by atoms with E-state index in [4.69, 9.17) is 5.14 Å². The van der Waals surface area contributed by atoms with Crippen LogP contribution in [0.15, 0.2) is 28.0 Å². The quantitative estimate of drug-likeness (QED) is 0.903. The van der Waals surface area contributed by atoms with Crippen molar-refractivity contribution in [3.8, 4) is 11.5 Å². The van der Waals surface area contributed by atoms with E-state index in [-0.39, 0.29) is 11.2 Å². The summed E-state index contributed by atoms with van der Waals surface area (Å²) < 4.78 is 25.2. The molecule has 0 amide bonds. The minimum atomic E-state index is -3.93. The fourth-order valence-corrected chi connectivity index (χ4v) is 2.81. The average Bonchev–Trinajstić information content (AvgIpc) is 2.73. The fraction of sp³-hybridized carbons (Fsp3) is 0.300. The summed E-state index contributed by atoms with van der Waals surface area (Å²) in [6.45, 7) is 3.64. The number of pyridine rings is 1. The molecule has 0 aliphatic heterocycles. The summed E-state index contributed by atoms with van der Waals surface area (Å²) in [6.07, 6.45) is 1.59. The van der Waals surface area contributed by atoms with Gasteiger partial charge < -0.3 is 0 Å². The van der Waals surface area contributed by atoms with Crippen LogP contribution < -0.4 is 5.14 Å². The maximum Gasteiger partial charge on any atom is 0.273 e. The minimum absolute atomic E-state index is 0.174. The predicted octanol–water partition coefficient (Wildman–Crippen LogP) is 1.33. The number of sulfonamides is 1. The Morgan fingerprint density at radius 3 is 2.58 bits per heavy atom. The van der Waals surface area contributed by atoms with Crippen molar-refractivity contribution in [2.75, 3.05) is 0 Å². The molecular weight excluding hydrogens is 334 g/mol. The molecule has 0 aliphatic carbocycles. The third-order valence-electron chi connectivity index (χ3n) is 2.41. The number of nitrogens with two attached hydrogens (primary N) is 1. The molecule has 2 heterocycles. The van der Waals surface area contributed by atoms with Crippen molar-refractivity contribution in [2.45, 2.75) is 25.0 Å². The molecule has 0 unspecified atom stereocenters. The Labute approximate surface area is 119 Å². The van der Waals surface area contributed by atoms with Gasteiger partial charge in [-0.05, 0) is 41.9 Å². The maximum atomic E-state index is 11.5. The van der Waals surface area contributed by atoms with Crippen LogP contribution in [0.25, 0.3) is 11.5 Å². The van der Waals surface area contributed by atoms with Crippen molar-refractivity contribution in [3.63, 3.8) is 0 Å². The van der Waals surface area contributed by atoms with Crippen LogP contribution in [0.3, 0.4) is 0 Å². The molecule has 0 fully saturated rings. The molecule has 0 aromatic carbocycles. The number of halogens is 1. The molecule has 0 atom stereocenters. The summed E-state index contributed by atoms with van der Waals surface area (Å²) in [5.74, 6) is 0.353. The Hall–Kier alpha value is -1.32. The zero-order valence-corrected chi connectivity index (χ0v) is 12.7. The number of hydrogen-bond acceptors (Lipinski definition) is 5. The summed E-state index contributed by atoms with van der Waals surface area (Å²) in [6, 6.07) is 3.37. The molecule has 7 nitrogen and oxygen atoms in total. The number of primary sulfonamides is 1. The smallest absolute Gasteiger partial charge is 0.273 e. The van der Waals surface area contributed by atoms with Crippen LogP contribution in [0.5, 0.6) is 0 Å². The zero-order chi connectivity index (χ0) is 14.2. The van der Waals surface area contributed by atoms with E-state index in [1.807, 2.05) is 13.8 Å². The molecule has 9 heteroatoms. The number of rotatable bonds is 3. The van der Waals surface area contributed by atoms with Crippen molar-refractivity contribution in [1.29, 1.82) is 0 Å². The van der Waals surface area contributed by atoms with Crippen molar-refractivity contribution >= 4 is 26.0 Å². The highest BCUT2D eigenvalue weighted by atomic mass is 79.9. The van der Waals surface area contributed by atoms with Gasteiger partial charge in [-0.2, -0.15) is 0 Å². The van der Waals surface area contributed by atoms with Crippen molar-refractivity contribution in [1.82, 2.24) is 19.7 Å². The maximum absolute atomic E-state index is 11.5. The van der Waals surface area contributed by atoms with E-state index in [1.54, 1.807) is 18.3 Å². The predicted molar refractivity (Wildman–Crippen MR) is 72.7 cm³/mol. The molecule has 0 saturated heterocycles.